The van der Waals surface area contributed by atoms with Crippen LogP contribution in [0.4, 0.5) is 8.78 Å². The molecule has 2 N–H and O–H groups in total. The first kappa shape index (κ1) is 14.6. The van der Waals surface area contributed by atoms with Crippen molar-refractivity contribution in [3.63, 3.8) is 0 Å². The van der Waals surface area contributed by atoms with Crippen LogP contribution >= 0.6 is 12.2 Å². The fourth-order valence-corrected chi connectivity index (χ4v) is 2.49. The maximum absolute atomic E-state index is 13.6. The molecule has 0 aliphatic carbocycles. The first-order chi connectivity index (χ1) is 10.5. The molecular weight excluding hydrogens is 304 g/mol. The van der Waals surface area contributed by atoms with E-state index in [1.165, 1.54) is 0 Å². The largest absolute Gasteiger partial charge is 0.392 e. The van der Waals surface area contributed by atoms with Crippen LogP contribution in [0.15, 0.2) is 36.4 Å². The summed E-state index contributed by atoms with van der Waals surface area (Å²) in [5, 5.41) is 0. The Balaban J connectivity index is 2.28. The quantitative estimate of drug-likeness (QED) is 0.751. The Morgan fingerprint density at radius 1 is 1.18 bits per heavy atom. The fraction of sp³-hybridized carbons (Fsp3) is 0.125. The number of benzene rings is 2. The number of aromatic nitrogens is 2. The summed E-state index contributed by atoms with van der Waals surface area (Å²) in [6.07, 6.45) is 0. The van der Waals surface area contributed by atoms with E-state index in [9.17, 15) is 8.78 Å². The van der Waals surface area contributed by atoms with Gasteiger partial charge in [-0.1, -0.05) is 42.0 Å². The van der Waals surface area contributed by atoms with Gasteiger partial charge in [0.1, 0.15) is 5.82 Å². The lowest BCUT2D eigenvalue weighted by Gasteiger charge is -2.08. The summed E-state index contributed by atoms with van der Waals surface area (Å²) < 4.78 is 28.7. The summed E-state index contributed by atoms with van der Waals surface area (Å²) in [6, 6.07) is 9.90. The van der Waals surface area contributed by atoms with Crippen LogP contribution in [0.25, 0.3) is 22.4 Å². The number of aryl methyl sites for hydroxylation is 1. The van der Waals surface area contributed by atoms with Crippen molar-refractivity contribution in [1.82, 2.24) is 9.55 Å². The number of hydrogen-bond acceptors (Lipinski definition) is 2. The number of hydrogen-bond donors (Lipinski definition) is 1. The highest BCUT2D eigenvalue weighted by Gasteiger charge is 2.16. The molecule has 0 aliphatic rings. The predicted octanol–water partition coefficient (Wildman–Crippen LogP) is 3.58. The molecule has 0 unspecified atom stereocenters. The Hall–Kier alpha value is -2.34. The summed E-state index contributed by atoms with van der Waals surface area (Å²) >= 11 is 4.96. The maximum Gasteiger partial charge on any atom is 0.161 e. The normalized spacial score (nSPS) is 11.0. The van der Waals surface area contributed by atoms with Gasteiger partial charge in [0, 0.05) is 17.7 Å². The van der Waals surface area contributed by atoms with Gasteiger partial charge in [-0.05, 0) is 6.92 Å². The van der Waals surface area contributed by atoms with Crippen LogP contribution in [0.5, 0.6) is 0 Å². The number of rotatable bonds is 3. The van der Waals surface area contributed by atoms with Crippen molar-refractivity contribution in [1.29, 1.82) is 0 Å². The van der Waals surface area contributed by atoms with E-state index in [2.05, 4.69) is 4.98 Å². The molecule has 0 amide bonds. The predicted molar refractivity (Wildman–Crippen MR) is 86.6 cm³/mol. The SMILES string of the molecule is Cc1ccc(-c2nc3cc(F)c(F)cc3n2CC(N)=S)cc1. The smallest absolute Gasteiger partial charge is 0.161 e. The molecule has 0 bridgehead atoms. The van der Waals surface area contributed by atoms with Crippen molar-refractivity contribution >= 4 is 28.2 Å². The van der Waals surface area contributed by atoms with Gasteiger partial charge < -0.3 is 10.3 Å². The van der Waals surface area contributed by atoms with E-state index in [0.29, 0.717) is 16.9 Å². The number of imidazole rings is 1. The molecule has 0 aliphatic heterocycles. The van der Waals surface area contributed by atoms with E-state index in [4.69, 9.17) is 18.0 Å². The minimum atomic E-state index is -0.928. The molecule has 3 rings (SSSR count). The Labute approximate surface area is 131 Å². The standard InChI is InChI=1S/C16H13F2N3S/c1-9-2-4-10(5-3-9)16-20-13-6-11(17)12(18)7-14(13)21(16)8-15(19)22/h2-7H,8H2,1H3,(H2,19,22). The van der Waals surface area contributed by atoms with Crippen LogP contribution in [-0.4, -0.2) is 14.5 Å². The first-order valence-corrected chi connectivity index (χ1v) is 7.07. The molecule has 6 heteroatoms. The van der Waals surface area contributed by atoms with E-state index in [1.54, 1.807) is 4.57 Å². The third-order valence-corrected chi connectivity index (χ3v) is 3.54. The number of halogens is 2. The fourth-order valence-electron chi connectivity index (χ4n) is 2.36. The third-order valence-electron chi connectivity index (χ3n) is 3.41. The van der Waals surface area contributed by atoms with Crippen LogP contribution in [0, 0.1) is 18.6 Å². The van der Waals surface area contributed by atoms with Crippen LogP contribution in [0.2, 0.25) is 0 Å². The van der Waals surface area contributed by atoms with Crippen molar-refractivity contribution in [2.75, 3.05) is 0 Å². The molecule has 3 aromatic rings. The summed E-state index contributed by atoms with van der Waals surface area (Å²) in [7, 11) is 0. The molecular formula is C16H13F2N3S. The number of nitrogens with zero attached hydrogens (tertiary/aromatic N) is 2. The summed E-state index contributed by atoms with van der Waals surface area (Å²) in [5.74, 6) is -1.28. The minimum Gasteiger partial charge on any atom is -0.392 e. The second-order valence-electron chi connectivity index (χ2n) is 5.11. The Kier molecular flexibility index (Phi) is 3.62. The second kappa shape index (κ2) is 5.46. The Morgan fingerprint density at radius 3 is 2.45 bits per heavy atom. The average molecular weight is 317 g/mol. The van der Waals surface area contributed by atoms with E-state index >= 15 is 0 Å². The monoisotopic (exact) mass is 317 g/mol. The van der Waals surface area contributed by atoms with Crippen LogP contribution in [-0.2, 0) is 6.54 Å². The van der Waals surface area contributed by atoms with Crippen molar-refractivity contribution in [3.8, 4) is 11.4 Å². The zero-order valence-electron chi connectivity index (χ0n) is 11.8. The highest BCUT2D eigenvalue weighted by Crippen LogP contribution is 2.26. The van der Waals surface area contributed by atoms with E-state index in [1.807, 2.05) is 31.2 Å². The summed E-state index contributed by atoms with van der Waals surface area (Å²) in [4.78, 5) is 4.66. The molecule has 0 spiro atoms. The second-order valence-corrected chi connectivity index (χ2v) is 5.63. The van der Waals surface area contributed by atoms with Crippen LogP contribution in [0.1, 0.15) is 5.56 Å². The highest BCUT2D eigenvalue weighted by molar-refractivity contribution is 7.80. The number of fused-ring (bicyclic) bond motifs is 1. The Bertz CT molecular complexity index is 869. The van der Waals surface area contributed by atoms with Gasteiger partial charge in [-0.15, -0.1) is 0 Å². The molecule has 1 aromatic heterocycles. The summed E-state index contributed by atoms with van der Waals surface area (Å²) in [5.41, 5.74) is 8.40. The molecule has 0 atom stereocenters. The highest BCUT2D eigenvalue weighted by atomic mass is 32.1. The van der Waals surface area contributed by atoms with Crippen LogP contribution < -0.4 is 5.73 Å². The lowest BCUT2D eigenvalue weighted by Crippen LogP contribution is -2.17. The molecule has 2 aromatic carbocycles. The minimum absolute atomic E-state index is 0.208. The molecule has 22 heavy (non-hydrogen) atoms. The number of thiocarbonyl (C=S) groups is 1. The van der Waals surface area contributed by atoms with E-state index in [0.717, 1.165) is 23.3 Å². The van der Waals surface area contributed by atoms with Gasteiger partial charge in [0.25, 0.3) is 0 Å². The zero-order valence-corrected chi connectivity index (χ0v) is 12.6. The third kappa shape index (κ3) is 2.57. The first-order valence-electron chi connectivity index (χ1n) is 6.66. The lowest BCUT2D eigenvalue weighted by atomic mass is 10.1. The van der Waals surface area contributed by atoms with Gasteiger partial charge in [0.2, 0.25) is 0 Å². The van der Waals surface area contributed by atoms with Gasteiger partial charge in [0.15, 0.2) is 11.6 Å². The van der Waals surface area contributed by atoms with Gasteiger partial charge in [-0.3, -0.25) is 0 Å². The maximum atomic E-state index is 13.6. The van der Waals surface area contributed by atoms with E-state index < -0.39 is 11.6 Å². The molecule has 3 nitrogen and oxygen atoms in total. The van der Waals surface area contributed by atoms with Gasteiger partial charge >= 0.3 is 0 Å². The molecule has 112 valence electrons. The van der Waals surface area contributed by atoms with Crippen molar-refractivity contribution < 1.29 is 8.78 Å². The summed E-state index contributed by atoms with van der Waals surface area (Å²) in [6.45, 7) is 2.19. The zero-order chi connectivity index (χ0) is 15.9. The topological polar surface area (TPSA) is 43.8 Å². The molecule has 0 radical (unpaired) electrons. The lowest BCUT2D eigenvalue weighted by molar-refractivity contribution is 0.510. The van der Waals surface area contributed by atoms with Crippen LogP contribution in [0.3, 0.4) is 0 Å². The molecule has 0 fully saturated rings. The van der Waals surface area contributed by atoms with Gasteiger partial charge in [-0.2, -0.15) is 0 Å². The van der Waals surface area contributed by atoms with E-state index in [-0.39, 0.29) is 11.5 Å². The molecule has 0 saturated carbocycles. The van der Waals surface area contributed by atoms with Crippen molar-refractivity contribution in [2.24, 2.45) is 5.73 Å². The van der Waals surface area contributed by atoms with Crippen molar-refractivity contribution in [3.05, 3.63) is 53.6 Å². The van der Waals surface area contributed by atoms with Gasteiger partial charge in [-0.25, -0.2) is 13.8 Å². The Morgan fingerprint density at radius 2 is 1.82 bits per heavy atom. The average Bonchev–Trinajstić information content (AvgIpc) is 2.78. The van der Waals surface area contributed by atoms with Gasteiger partial charge in [0.05, 0.1) is 22.6 Å². The number of nitrogens with two attached hydrogens (primary N) is 1. The van der Waals surface area contributed by atoms with Crippen molar-refractivity contribution in [2.45, 2.75) is 13.5 Å². The molecule has 1 heterocycles. The molecule has 0 saturated heterocycles.